The Morgan fingerprint density at radius 2 is 1.62 bits per heavy atom. The van der Waals surface area contributed by atoms with Crippen molar-refractivity contribution < 1.29 is 0 Å². The molecular formula is C16H31N5. The Morgan fingerprint density at radius 1 is 1.00 bits per heavy atom. The molecule has 0 aliphatic rings. The lowest BCUT2D eigenvalue weighted by atomic mass is 10.3. The van der Waals surface area contributed by atoms with Gasteiger partial charge in [0.25, 0.3) is 0 Å². The third-order valence-corrected chi connectivity index (χ3v) is 3.81. The first-order valence-electron chi connectivity index (χ1n) is 8.09. The average Bonchev–Trinajstić information content (AvgIpc) is 2.49. The number of anilines is 1. The molecule has 0 aliphatic carbocycles. The van der Waals surface area contributed by atoms with E-state index in [9.17, 15) is 0 Å². The quantitative estimate of drug-likeness (QED) is 0.717. The number of hydrogen-bond acceptors (Lipinski definition) is 5. The fraction of sp³-hybridized carbons (Fsp3) is 0.750. The molecule has 0 spiro atoms. The third kappa shape index (κ3) is 6.40. The summed E-state index contributed by atoms with van der Waals surface area (Å²) >= 11 is 0. The Morgan fingerprint density at radius 3 is 2.19 bits per heavy atom. The van der Waals surface area contributed by atoms with E-state index in [-0.39, 0.29) is 0 Å². The maximum absolute atomic E-state index is 4.54. The van der Waals surface area contributed by atoms with Crippen LogP contribution in [0.3, 0.4) is 0 Å². The number of hydrogen-bond donors (Lipinski definition) is 1. The van der Waals surface area contributed by atoms with Gasteiger partial charge in [-0.1, -0.05) is 20.8 Å². The van der Waals surface area contributed by atoms with Crippen LogP contribution in [0.1, 0.15) is 38.7 Å². The smallest absolute Gasteiger partial charge is 0.144 e. The summed E-state index contributed by atoms with van der Waals surface area (Å²) in [6.45, 7) is 15.1. The van der Waals surface area contributed by atoms with Gasteiger partial charge < -0.3 is 10.2 Å². The van der Waals surface area contributed by atoms with E-state index in [1.54, 1.807) is 0 Å². The van der Waals surface area contributed by atoms with Gasteiger partial charge in [0.2, 0.25) is 0 Å². The molecule has 0 bridgehead atoms. The highest BCUT2D eigenvalue weighted by Gasteiger charge is 2.08. The fourth-order valence-electron chi connectivity index (χ4n) is 2.44. The normalized spacial score (nSPS) is 11.4. The van der Waals surface area contributed by atoms with Gasteiger partial charge in [0, 0.05) is 18.8 Å². The van der Waals surface area contributed by atoms with Crippen LogP contribution in [0, 0.1) is 6.92 Å². The van der Waals surface area contributed by atoms with Gasteiger partial charge in [-0.2, -0.15) is 0 Å². The molecular weight excluding hydrogens is 262 g/mol. The molecule has 1 rings (SSSR count). The Balaban J connectivity index is 2.51. The number of rotatable bonds is 10. The molecule has 0 fully saturated rings. The molecule has 0 radical (unpaired) electrons. The molecule has 0 aromatic carbocycles. The van der Waals surface area contributed by atoms with E-state index in [0.29, 0.717) is 0 Å². The van der Waals surface area contributed by atoms with Gasteiger partial charge in [-0.15, -0.1) is 0 Å². The minimum absolute atomic E-state index is 0.825. The summed E-state index contributed by atoms with van der Waals surface area (Å²) in [5.74, 6) is 1.81. The molecule has 21 heavy (non-hydrogen) atoms. The summed E-state index contributed by atoms with van der Waals surface area (Å²) in [6, 6.07) is 1.97. The highest BCUT2D eigenvalue weighted by atomic mass is 15.2. The van der Waals surface area contributed by atoms with Crippen LogP contribution in [0.2, 0.25) is 0 Å². The summed E-state index contributed by atoms with van der Waals surface area (Å²) in [6.07, 6.45) is 1.19. The van der Waals surface area contributed by atoms with E-state index in [1.165, 1.54) is 13.0 Å². The third-order valence-electron chi connectivity index (χ3n) is 3.81. The van der Waals surface area contributed by atoms with Gasteiger partial charge >= 0.3 is 0 Å². The maximum Gasteiger partial charge on any atom is 0.144 e. The van der Waals surface area contributed by atoms with E-state index < -0.39 is 0 Å². The number of nitrogens with zero attached hydrogens (tertiary/aromatic N) is 4. The van der Waals surface area contributed by atoms with E-state index in [2.05, 4.69) is 45.9 Å². The molecule has 5 heteroatoms. The van der Waals surface area contributed by atoms with Crippen molar-refractivity contribution in [1.29, 1.82) is 0 Å². The number of aryl methyl sites for hydroxylation is 1. The highest BCUT2D eigenvalue weighted by Crippen LogP contribution is 2.08. The Labute approximate surface area is 129 Å². The molecule has 0 aliphatic heterocycles. The Bertz CT molecular complexity index is 404. The molecule has 0 saturated heterocycles. The van der Waals surface area contributed by atoms with Crippen molar-refractivity contribution in [1.82, 2.24) is 19.8 Å². The van der Waals surface area contributed by atoms with Crippen molar-refractivity contribution in [3.05, 3.63) is 17.6 Å². The molecule has 0 saturated carbocycles. The zero-order chi connectivity index (χ0) is 15.7. The molecule has 0 amide bonds. The summed E-state index contributed by atoms with van der Waals surface area (Å²) < 4.78 is 0. The first kappa shape index (κ1) is 17.9. The van der Waals surface area contributed by atoms with Crippen LogP contribution < -0.4 is 5.32 Å². The van der Waals surface area contributed by atoms with Crippen molar-refractivity contribution >= 4 is 5.82 Å². The predicted octanol–water partition coefficient (Wildman–Crippen LogP) is 2.38. The van der Waals surface area contributed by atoms with Crippen LogP contribution in [0.25, 0.3) is 0 Å². The van der Waals surface area contributed by atoms with Crippen LogP contribution in [0.4, 0.5) is 5.82 Å². The second-order valence-corrected chi connectivity index (χ2v) is 5.31. The molecule has 1 N–H and O–H groups in total. The van der Waals surface area contributed by atoms with Gasteiger partial charge in [0.05, 0.1) is 6.54 Å². The standard InChI is InChI=1S/C16H31N5/c1-6-20(7-2)10-9-11-21(8-3)13-16-18-14(4)12-15(17-5)19-16/h12H,6-11,13H2,1-5H3,(H,17,18,19). The fourth-order valence-corrected chi connectivity index (χ4v) is 2.44. The molecule has 5 nitrogen and oxygen atoms in total. The minimum Gasteiger partial charge on any atom is -0.373 e. The van der Waals surface area contributed by atoms with E-state index >= 15 is 0 Å². The van der Waals surface area contributed by atoms with Crippen molar-refractivity contribution in [3.8, 4) is 0 Å². The topological polar surface area (TPSA) is 44.3 Å². The van der Waals surface area contributed by atoms with Crippen molar-refractivity contribution in [2.45, 2.75) is 40.7 Å². The minimum atomic E-state index is 0.825. The second-order valence-electron chi connectivity index (χ2n) is 5.31. The van der Waals surface area contributed by atoms with Crippen LogP contribution in [0.15, 0.2) is 6.07 Å². The predicted molar refractivity (Wildman–Crippen MR) is 89.7 cm³/mol. The Hall–Kier alpha value is -1.20. The SMILES string of the molecule is CCN(CC)CCCN(CC)Cc1nc(C)cc(NC)n1. The van der Waals surface area contributed by atoms with Gasteiger partial charge in [0.15, 0.2) is 0 Å². The van der Waals surface area contributed by atoms with Crippen molar-refractivity contribution in [2.24, 2.45) is 0 Å². The van der Waals surface area contributed by atoms with Crippen LogP contribution >= 0.6 is 0 Å². The summed E-state index contributed by atoms with van der Waals surface area (Å²) in [4.78, 5) is 14.0. The molecule has 1 aromatic heterocycles. The zero-order valence-corrected chi connectivity index (χ0v) is 14.3. The van der Waals surface area contributed by atoms with Crippen LogP contribution in [-0.4, -0.2) is 59.5 Å². The average molecular weight is 293 g/mol. The molecule has 0 atom stereocenters. The summed E-state index contributed by atoms with van der Waals surface area (Å²) in [5.41, 5.74) is 1.02. The van der Waals surface area contributed by atoms with Crippen molar-refractivity contribution in [3.63, 3.8) is 0 Å². The van der Waals surface area contributed by atoms with E-state index in [0.717, 1.165) is 50.1 Å². The van der Waals surface area contributed by atoms with Crippen LogP contribution in [0.5, 0.6) is 0 Å². The first-order valence-corrected chi connectivity index (χ1v) is 8.09. The van der Waals surface area contributed by atoms with Gasteiger partial charge in [-0.3, -0.25) is 4.90 Å². The zero-order valence-electron chi connectivity index (χ0n) is 14.3. The van der Waals surface area contributed by atoms with Gasteiger partial charge in [-0.25, -0.2) is 9.97 Å². The first-order chi connectivity index (χ1) is 10.1. The molecule has 120 valence electrons. The van der Waals surface area contributed by atoms with Crippen LogP contribution in [-0.2, 0) is 6.54 Å². The maximum atomic E-state index is 4.54. The monoisotopic (exact) mass is 293 g/mol. The lowest BCUT2D eigenvalue weighted by Crippen LogP contribution is -2.30. The lowest BCUT2D eigenvalue weighted by Gasteiger charge is -2.23. The lowest BCUT2D eigenvalue weighted by molar-refractivity contribution is 0.235. The Kier molecular flexibility index (Phi) is 8.23. The van der Waals surface area contributed by atoms with Gasteiger partial charge in [-0.05, 0) is 46.1 Å². The summed E-state index contributed by atoms with van der Waals surface area (Å²) in [5, 5.41) is 3.10. The largest absolute Gasteiger partial charge is 0.373 e. The highest BCUT2D eigenvalue weighted by molar-refractivity contribution is 5.34. The number of aromatic nitrogens is 2. The van der Waals surface area contributed by atoms with E-state index in [4.69, 9.17) is 0 Å². The molecule has 0 unspecified atom stereocenters. The summed E-state index contributed by atoms with van der Waals surface area (Å²) in [7, 11) is 1.90. The van der Waals surface area contributed by atoms with E-state index in [1.807, 2.05) is 20.0 Å². The van der Waals surface area contributed by atoms with Gasteiger partial charge in [0.1, 0.15) is 11.6 Å². The van der Waals surface area contributed by atoms with Crippen molar-refractivity contribution in [2.75, 3.05) is 45.1 Å². The molecule has 1 heterocycles. The molecule has 1 aromatic rings. The number of nitrogens with one attached hydrogen (secondary N) is 1. The second kappa shape index (κ2) is 9.68.